The maximum Gasteiger partial charge on any atom is 0.174 e. The normalized spacial score (nSPS) is 38.5. The SMILES string of the molecule is CCC[C@@H]1CC(=O)[C@@H]2Oc3c(OC)ccc4c3[C@@]23CCN[C@H](C4)[C@H]13. The van der Waals surface area contributed by atoms with E-state index in [1.165, 1.54) is 11.1 Å². The first kappa shape index (κ1) is 14.8. The van der Waals surface area contributed by atoms with E-state index in [0.717, 1.165) is 43.7 Å². The molecule has 128 valence electrons. The lowest BCUT2D eigenvalue weighted by Crippen LogP contribution is -2.67. The van der Waals surface area contributed by atoms with Crippen LogP contribution in [0.2, 0.25) is 0 Å². The predicted octanol–water partition coefficient (Wildman–Crippen LogP) is 2.62. The molecule has 2 fully saturated rings. The second-order valence-corrected chi connectivity index (χ2v) is 7.93. The number of methoxy groups -OCH3 is 1. The van der Waals surface area contributed by atoms with Gasteiger partial charge in [-0.15, -0.1) is 0 Å². The van der Waals surface area contributed by atoms with Crippen LogP contribution in [-0.4, -0.2) is 31.6 Å². The number of benzene rings is 1. The maximum absolute atomic E-state index is 13.0. The Kier molecular flexibility index (Phi) is 3.06. The van der Waals surface area contributed by atoms with Crippen molar-refractivity contribution in [2.75, 3.05) is 13.7 Å². The summed E-state index contributed by atoms with van der Waals surface area (Å²) in [6, 6.07) is 4.67. The highest BCUT2D eigenvalue weighted by atomic mass is 16.5. The van der Waals surface area contributed by atoms with Crippen LogP contribution < -0.4 is 14.8 Å². The van der Waals surface area contributed by atoms with Crippen LogP contribution >= 0.6 is 0 Å². The Bertz CT molecular complexity index is 715. The van der Waals surface area contributed by atoms with Gasteiger partial charge in [0.25, 0.3) is 0 Å². The van der Waals surface area contributed by atoms with E-state index in [1.54, 1.807) is 7.11 Å². The lowest BCUT2D eigenvalue weighted by atomic mass is 9.48. The first-order chi connectivity index (χ1) is 11.7. The van der Waals surface area contributed by atoms with Gasteiger partial charge in [0.15, 0.2) is 23.4 Å². The molecule has 1 saturated carbocycles. The van der Waals surface area contributed by atoms with Gasteiger partial charge in [0, 0.05) is 23.4 Å². The second kappa shape index (κ2) is 4.98. The summed E-state index contributed by atoms with van der Waals surface area (Å²) in [6.07, 6.45) is 4.69. The number of rotatable bonds is 3. The van der Waals surface area contributed by atoms with Crippen molar-refractivity contribution in [3.63, 3.8) is 0 Å². The van der Waals surface area contributed by atoms with Crippen LogP contribution in [0.25, 0.3) is 0 Å². The smallest absolute Gasteiger partial charge is 0.174 e. The van der Waals surface area contributed by atoms with Crippen molar-refractivity contribution in [1.82, 2.24) is 5.32 Å². The van der Waals surface area contributed by atoms with Crippen LogP contribution in [0, 0.1) is 11.8 Å². The molecule has 2 aliphatic heterocycles. The van der Waals surface area contributed by atoms with Gasteiger partial charge in [-0.05, 0) is 49.3 Å². The Hall–Kier alpha value is -1.55. The molecule has 4 aliphatic rings. The molecule has 0 radical (unpaired) electrons. The minimum atomic E-state index is -0.300. The first-order valence-electron chi connectivity index (χ1n) is 9.33. The summed E-state index contributed by atoms with van der Waals surface area (Å²) in [5, 5.41) is 3.76. The number of carbonyl (C=O) groups is 1. The fourth-order valence-electron chi connectivity index (χ4n) is 6.31. The number of ether oxygens (including phenoxy) is 2. The van der Waals surface area contributed by atoms with Gasteiger partial charge in [-0.2, -0.15) is 0 Å². The van der Waals surface area contributed by atoms with Crippen molar-refractivity contribution in [3.8, 4) is 11.5 Å². The van der Waals surface area contributed by atoms with E-state index >= 15 is 0 Å². The Morgan fingerprint density at radius 2 is 2.25 bits per heavy atom. The Morgan fingerprint density at radius 3 is 3.04 bits per heavy atom. The summed E-state index contributed by atoms with van der Waals surface area (Å²) in [5.41, 5.74) is 2.54. The molecule has 1 N–H and O–H groups in total. The fourth-order valence-corrected chi connectivity index (χ4v) is 6.31. The van der Waals surface area contributed by atoms with Crippen molar-refractivity contribution in [1.29, 1.82) is 0 Å². The standard InChI is InChI=1S/C20H25NO3/c1-3-4-11-10-14(22)19-20-7-8-21-13(16(11)20)9-12-5-6-15(23-2)18(24-19)17(12)20/h5-6,11,13,16,19,21H,3-4,7-10H2,1-2H3/t11-,13-,16+,19+,20+/m1/s1. The zero-order chi connectivity index (χ0) is 16.5. The molecule has 5 atom stereocenters. The van der Waals surface area contributed by atoms with Crippen molar-refractivity contribution in [2.24, 2.45) is 11.8 Å². The van der Waals surface area contributed by atoms with Gasteiger partial charge in [0.05, 0.1) is 7.11 Å². The van der Waals surface area contributed by atoms with Crippen LogP contribution in [0.15, 0.2) is 12.1 Å². The van der Waals surface area contributed by atoms with Gasteiger partial charge in [-0.25, -0.2) is 0 Å². The molecule has 2 aliphatic carbocycles. The molecule has 24 heavy (non-hydrogen) atoms. The van der Waals surface area contributed by atoms with Gasteiger partial charge in [0.2, 0.25) is 0 Å². The van der Waals surface area contributed by atoms with Gasteiger partial charge < -0.3 is 14.8 Å². The molecule has 0 amide bonds. The van der Waals surface area contributed by atoms with Crippen molar-refractivity contribution in [3.05, 3.63) is 23.3 Å². The van der Waals surface area contributed by atoms with Gasteiger partial charge in [-0.3, -0.25) is 4.79 Å². The summed E-state index contributed by atoms with van der Waals surface area (Å²) < 4.78 is 11.9. The van der Waals surface area contributed by atoms with Gasteiger partial charge >= 0.3 is 0 Å². The van der Waals surface area contributed by atoms with Crippen LogP contribution in [0.1, 0.15) is 43.7 Å². The molecule has 1 spiro atoms. The molecule has 0 aromatic heterocycles. The molecular weight excluding hydrogens is 302 g/mol. The van der Waals surface area contributed by atoms with Gasteiger partial charge in [-0.1, -0.05) is 19.4 Å². The lowest BCUT2D eigenvalue weighted by Gasteiger charge is -2.57. The van der Waals surface area contributed by atoms with Crippen molar-refractivity contribution in [2.45, 2.75) is 56.6 Å². The molecule has 2 heterocycles. The highest BCUT2D eigenvalue weighted by molar-refractivity contribution is 5.89. The average Bonchev–Trinajstić information content (AvgIpc) is 2.91. The number of nitrogens with one attached hydrogen (secondary N) is 1. The summed E-state index contributed by atoms with van der Waals surface area (Å²) in [6.45, 7) is 3.21. The fraction of sp³-hybridized carbons (Fsp3) is 0.650. The molecule has 0 unspecified atom stereocenters. The summed E-state index contributed by atoms with van der Waals surface area (Å²) >= 11 is 0. The second-order valence-electron chi connectivity index (χ2n) is 7.93. The number of piperidine rings is 1. The quantitative estimate of drug-likeness (QED) is 0.927. The van der Waals surface area contributed by atoms with E-state index < -0.39 is 0 Å². The maximum atomic E-state index is 13.0. The zero-order valence-corrected chi connectivity index (χ0v) is 14.4. The largest absolute Gasteiger partial charge is 0.493 e. The Balaban J connectivity index is 1.76. The minimum Gasteiger partial charge on any atom is -0.493 e. The Morgan fingerprint density at radius 1 is 1.38 bits per heavy atom. The van der Waals surface area contributed by atoms with E-state index in [1.807, 2.05) is 6.07 Å². The van der Waals surface area contributed by atoms with E-state index in [2.05, 4.69) is 18.3 Å². The number of Topliss-reactive ketones (excluding diaryl/α,β-unsaturated/α-hetero) is 1. The highest BCUT2D eigenvalue weighted by Crippen LogP contribution is 2.63. The number of carbonyl (C=O) groups excluding carboxylic acids is 1. The number of hydrogen-bond acceptors (Lipinski definition) is 4. The third kappa shape index (κ3) is 1.60. The molecule has 2 bridgehead atoms. The monoisotopic (exact) mass is 327 g/mol. The molecule has 4 nitrogen and oxygen atoms in total. The number of ketones is 1. The topological polar surface area (TPSA) is 47.6 Å². The third-order valence-electron chi connectivity index (χ3n) is 6.93. The molecule has 1 aromatic rings. The molecule has 5 rings (SSSR count). The van der Waals surface area contributed by atoms with Crippen LogP contribution in [0.3, 0.4) is 0 Å². The third-order valence-corrected chi connectivity index (χ3v) is 6.93. The van der Waals surface area contributed by atoms with E-state index in [9.17, 15) is 4.79 Å². The van der Waals surface area contributed by atoms with E-state index in [0.29, 0.717) is 30.1 Å². The molecular formula is C20H25NO3. The zero-order valence-electron chi connectivity index (χ0n) is 14.4. The van der Waals surface area contributed by atoms with Crippen LogP contribution in [-0.2, 0) is 16.6 Å². The average molecular weight is 327 g/mol. The van der Waals surface area contributed by atoms with Crippen LogP contribution in [0.4, 0.5) is 0 Å². The number of hydrogen-bond donors (Lipinski definition) is 1. The molecule has 1 aromatic carbocycles. The lowest BCUT2D eigenvalue weighted by molar-refractivity contribution is -0.140. The summed E-state index contributed by atoms with van der Waals surface area (Å²) in [4.78, 5) is 13.0. The van der Waals surface area contributed by atoms with Crippen LogP contribution in [0.5, 0.6) is 11.5 Å². The molecule has 1 saturated heterocycles. The van der Waals surface area contributed by atoms with E-state index in [-0.39, 0.29) is 11.5 Å². The van der Waals surface area contributed by atoms with Crippen molar-refractivity contribution < 1.29 is 14.3 Å². The summed E-state index contributed by atoms with van der Waals surface area (Å²) in [7, 11) is 1.69. The Labute approximate surface area is 142 Å². The predicted molar refractivity (Wildman–Crippen MR) is 90.7 cm³/mol. The van der Waals surface area contributed by atoms with E-state index in [4.69, 9.17) is 9.47 Å². The summed E-state index contributed by atoms with van der Waals surface area (Å²) in [5.74, 6) is 2.93. The minimum absolute atomic E-state index is 0.122. The molecule has 4 heteroatoms. The first-order valence-corrected chi connectivity index (χ1v) is 9.33. The van der Waals surface area contributed by atoms with Crippen molar-refractivity contribution >= 4 is 5.78 Å². The highest BCUT2D eigenvalue weighted by Gasteiger charge is 2.66. The van der Waals surface area contributed by atoms with Gasteiger partial charge in [0.1, 0.15) is 0 Å².